The van der Waals surface area contributed by atoms with Crippen LogP contribution < -0.4 is 5.48 Å². The van der Waals surface area contributed by atoms with Crippen molar-refractivity contribution in [2.75, 3.05) is 0 Å². The Balaban J connectivity index is 1.89. The van der Waals surface area contributed by atoms with Gasteiger partial charge in [-0.3, -0.25) is 0 Å². The maximum Gasteiger partial charge on any atom is 0.352 e. The third-order valence-corrected chi connectivity index (χ3v) is 3.45. The van der Waals surface area contributed by atoms with Crippen LogP contribution in [-0.2, 0) is 4.84 Å². The summed E-state index contributed by atoms with van der Waals surface area (Å²) in [7, 11) is 0. The van der Waals surface area contributed by atoms with Crippen molar-refractivity contribution in [2.45, 2.75) is 12.4 Å². The first kappa shape index (κ1) is 15.2. The van der Waals surface area contributed by atoms with E-state index in [4.69, 9.17) is 9.94 Å². The first-order valence-electron chi connectivity index (χ1n) is 6.62. The van der Waals surface area contributed by atoms with E-state index in [-0.39, 0.29) is 11.1 Å². The van der Waals surface area contributed by atoms with Crippen LogP contribution in [0.5, 0.6) is 0 Å². The number of hydrogen-bond donors (Lipinski definition) is 2. The highest BCUT2D eigenvalue weighted by Gasteiger charge is 2.46. The number of hydrogen-bond acceptors (Lipinski definition) is 4. The van der Waals surface area contributed by atoms with Crippen LogP contribution in [0.25, 0.3) is 0 Å². The predicted molar refractivity (Wildman–Crippen MR) is 73.1 cm³/mol. The van der Waals surface area contributed by atoms with Gasteiger partial charge in [-0.15, -0.1) is 5.48 Å². The lowest BCUT2D eigenvalue weighted by molar-refractivity contribution is -0.631. The predicted octanol–water partition coefficient (Wildman–Crippen LogP) is 2.67. The minimum Gasteiger partial charge on any atom is -0.478 e. The molecule has 2 aromatic rings. The van der Waals surface area contributed by atoms with Crippen molar-refractivity contribution in [3.8, 4) is 0 Å². The Labute approximate surface area is 128 Å². The highest BCUT2D eigenvalue weighted by molar-refractivity contribution is 5.87. The van der Waals surface area contributed by atoms with Crippen LogP contribution in [0.15, 0.2) is 42.5 Å². The third-order valence-electron chi connectivity index (χ3n) is 3.45. The highest BCUT2D eigenvalue weighted by atomic mass is 19.1. The maximum atomic E-state index is 13.8. The topological polar surface area (TPSA) is 78.6 Å². The van der Waals surface area contributed by atoms with E-state index in [9.17, 15) is 18.5 Å². The molecule has 2 unspecified atom stereocenters. The van der Waals surface area contributed by atoms with Crippen molar-refractivity contribution < 1.29 is 28.3 Å². The summed E-state index contributed by atoms with van der Waals surface area (Å²) in [4.78, 5) is 28.4. The van der Waals surface area contributed by atoms with Gasteiger partial charge in [0.2, 0.25) is 0 Å². The lowest BCUT2D eigenvalue weighted by Gasteiger charge is -2.04. The summed E-state index contributed by atoms with van der Waals surface area (Å²) in [6.07, 6.45) is -2.32. The number of nitrogens with zero attached hydrogens (tertiary/aromatic N) is 1. The maximum absolute atomic E-state index is 13.8. The van der Waals surface area contributed by atoms with E-state index >= 15 is 0 Å². The van der Waals surface area contributed by atoms with E-state index in [1.807, 2.05) is 0 Å². The van der Waals surface area contributed by atoms with Gasteiger partial charge in [-0.25, -0.2) is 18.4 Å². The summed E-state index contributed by atoms with van der Waals surface area (Å²) >= 11 is 0. The number of benzene rings is 2. The molecule has 0 bridgehead atoms. The molecule has 1 saturated heterocycles. The average molecular weight is 321 g/mol. The molecular weight excluding hydrogens is 310 g/mol. The van der Waals surface area contributed by atoms with Crippen LogP contribution in [0, 0.1) is 16.5 Å². The summed E-state index contributed by atoms with van der Waals surface area (Å²) in [6.45, 7) is 0. The largest absolute Gasteiger partial charge is 0.478 e. The van der Waals surface area contributed by atoms with Gasteiger partial charge in [-0.05, 0) is 24.3 Å². The van der Waals surface area contributed by atoms with E-state index < -0.39 is 30.0 Å². The molecule has 6 nitrogen and oxygen atoms in total. The molecule has 0 aliphatic carbocycles. The molecule has 1 aliphatic heterocycles. The molecule has 1 fully saturated rings. The molecule has 0 amide bonds. The highest BCUT2D eigenvalue weighted by Crippen LogP contribution is 2.32. The number of aromatic carboxylic acids is 1. The molecule has 0 radical (unpaired) electrons. The molecule has 3 rings (SSSR count). The Bertz CT molecular complexity index is 797. The Kier molecular flexibility index (Phi) is 3.85. The van der Waals surface area contributed by atoms with Crippen molar-refractivity contribution in [3.05, 3.63) is 75.7 Å². The monoisotopic (exact) mass is 321 g/mol. The minimum atomic E-state index is -1.31. The van der Waals surface area contributed by atoms with E-state index in [1.165, 1.54) is 18.2 Å². The summed E-state index contributed by atoms with van der Waals surface area (Å²) < 4.78 is 27.2. The van der Waals surface area contributed by atoms with Gasteiger partial charge in [0, 0.05) is 16.5 Å². The van der Waals surface area contributed by atoms with E-state index in [0.29, 0.717) is 16.4 Å². The molecule has 0 spiro atoms. The normalized spacial score (nSPS) is 20.7. The van der Waals surface area contributed by atoms with E-state index in [2.05, 4.69) is 5.48 Å². The zero-order valence-electron chi connectivity index (χ0n) is 11.6. The molecule has 1 aliphatic rings. The van der Waals surface area contributed by atoms with Gasteiger partial charge < -0.3 is 5.11 Å². The first-order chi connectivity index (χ1) is 11.0. The molecule has 118 valence electrons. The molecule has 1 heterocycles. The van der Waals surface area contributed by atoms with Crippen LogP contribution in [0.1, 0.15) is 33.9 Å². The van der Waals surface area contributed by atoms with E-state index in [0.717, 1.165) is 12.1 Å². The van der Waals surface area contributed by atoms with Gasteiger partial charge in [0.1, 0.15) is 11.6 Å². The quantitative estimate of drug-likeness (QED) is 0.850. The number of nitrogens with one attached hydrogen (secondary N) is 1. The van der Waals surface area contributed by atoms with Gasteiger partial charge >= 0.3 is 18.4 Å². The smallest absolute Gasteiger partial charge is 0.352 e. The summed E-state index contributed by atoms with van der Waals surface area (Å²) in [5.74, 6) is -2.80. The second kappa shape index (κ2) is 5.82. The number of nitroso groups, excluding NO2 is 1. The number of carbonyl (C=O) groups is 1. The molecular formula is C15H11F2N2O4+. The Morgan fingerprint density at radius 1 is 1.22 bits per heavy atom. The zero-order chi connectivity index (χ0) is 16.6. The Morgan fingerprint density at radius 2 is 2.00 bits per heavy atom. The minimum absolute atomic E-state index is 0.00844. The zero-order valence-corrected chi connectivity index (χ0v) is 11.6. The standard InChI is InChI=1S/C15H10F2N2O4/c16-10-4-5-11(12(17)7-10)14-19(22)13(18-23-14)8-2-1-3-9(6-8)15(20)21/h1-7,13-14,18H/p+1. The second-order valence-electron chi connectivity index (χ2n) is 4.95. The van der Waals surface area contributed by atoms with Gasteiger partial charge in [-0.2, -0.15) is 0 Å². The van der Waals surface area contributed by atoms with Crippen LogP contribution >= 0.6 is 0 Å². The first-order valence-corrected chi connectivity index (χ1v) is 6.62. The van der Waals surface area contributed by atoms with Crippen LogP contribution in [0.4, 0.5) is 8.78 Å². The van der Waals surface area contributed by atoms with Gasteiger partial charge in [0.25, 0.3) is 0 Å². The number of carboxylic acids is 1. The van der Waals surface area contributed by atoms with Gasteiger partial charge in [0.15, 0.2) is 0 Å². The summed E-state index contributed by atoms with van der Waals surface area (Å²) in [5.41, 5.74) is 2.68. The summed E-state index contributed by atoms with van der Waals surface area (Å²) in [5, 5.41) is 8.98. The van der Waals surface area contributed by atoms with Crippen molar-refractivity contribution in [3.63, 3.8) is 0 Å². The second-order valence-corrected chi connectivity index (χ2v) is 4.95. The average Bonchev–Trinajstić information content (AvgIpc) is 2.89. The fourth-order valence-corrected chi connectivity index (χ4v) is 2.33. The number of rotatable bonds is 3. The molecule has 2 N–H and O–H groups in total. The SMILES string of the molecule is O=C(O)c1cccc(C2NOC(c3ccc(F)cc3F)[N+]2=O)c1. The van der Waals surface area contributed by atoms with Crippen molar-refractivity contribution in [2.24, 2.45) is 0 Å². The van der Waals surface area contributed by atoms with E-state index in [1.54, 1.807) is 6.07 Å². The van der Waals surface area contributed by atoms with Crippen LogP contribution in [0.2, 0.25) is 0 Å². The van der Waals surface area contributed by atoms with Crippen LogP contribution in [-0.4, -0.2) is 15.8 Å². The molecule has 2 atom stereocenters. The molecule has 0 aromatic heterocycles. The summed E-state index contributed by atoms with van der Waals surface area (Å²) in [6, 6.07) is 8.53. The lowest BCUT2D eigenvalue weighted by atomic mass is 10.1. The van der Waals surface area contributed by atoms with Gasteiger partial charge in [0.05, 0.1) is 15.9 Å². The third kappa shape index (κ3) is 2.81. The molecule has 2 aromatic carbocycles. The van der Waals surface area contributed by atoms with Gasteiger partial charge in [-0.1, -0.05) is 12.1 Å². The Morgan fingerprint density at radius 3 is 2.70 bits per heavy atom. The van der Waals surface area contributed by atoms with Crippen molar-refractivity contribution in [1.82, 2.24) is 5.48 Å². The fraction of sp³-hybridized carbons (Fsp3) is 0.133. The molecule has 8 heteroatoms. The fourth-order valence-electron chi connectivity index (χ4n) is 2.33. The molecule has 23 heavy (non-hydrogen) atoms. The number of carboxylic acid groups (broad SMARTS) is 1. The lowest BCUT2D eigenvalue weighted by Crippen LogP contribution is -2.19. The molecule has 0 saturated carbocycles. The van der Waals surface area contributed by atoms with Crippen molar-refractivity contribution >= 4 is 5.97 Å². The number of hydroxylamine groups is 1. The van der Waals surface area contributed by atoms with Crippen LogP contribution in [0.3, 0.4) is 0 Å². The van der Waals surface area contributed by atoms with Crippen molar-refractivity contribution in [1.29, 1.82) is 0 Å². The Hall–Kier alpha value is -2.71. The number of halogens is 2.